The number of hydrogen-bond donors (Lipinski definition) is 1. The molecule has 8 heteroatoms. The molecule has 2 aliphatic rings. The largest absolute Gasteiger partial charge is 0.379 e. The van der Waals surface area contributed by atoms with Crippen molar-refractivity contribution in [2.75, 3.05) is 46.1 Å². The van der Waals surface area contributed by atoms with Crippen LogP contribution in [0.25, 0.3) is 0 Å². The van der Waals surface area contributed by atoms with Gasteiger partial charge in [-0.2, -0.15) is 0 Å². The average molecular weight is 341 g/mol. The first-order chi connectivity index (χ1) is 11.3. The van der Waals surface area contributed by atoms with Crippen molar-refractivity contribution in [2.45, 2.75) is 25.2 Å². The van der Waals surface area contributed by atoms with Crippen molar-refractivity contribution in [3.8, 4) is 0 Å². The van der Waals surface area contributed by atoms with Gasteiger partial charge in [0, 0.05) is 25.1 Å². The Labute approximate surface area is 139 Å². The Kier molecular flexibility index (Phi) is 6.35. The van der Waals surface area contributed by atoms with Crippen LogP contribution in [0.3, 0.4) is 0 Å². The zero-order valence-corrected chi connectivity index (χ0v) is 13.9. The Bertz CT molecular complexity index is 479. The lowest BCUT2D eigenvalue weighted by atomic mass is 10.1. The third-order valence-corrected chi connectivity index (χ3v) is 4.69. The normalized spacial score (nSPS) is 26.1. The molecule has 2 atom stereocenters. The molecule has 2 fully saturated rings. The maximum atomic E-state index is 12.3. The lowest BCUT2D eigenvalue weighted by Crippen LogP contribution is -2.52. The quantitative estimate of drug-likeness (QED) is 0.800. The van der Waals surface area contributed by atoms with Gasteiger partial charge in [-0.1, -0.05) is 0 Å². The summed E-state index contributed by atoms with van der Waals surface area (Å²) < 4.78 is 16.7. The summed E-state index contributed by atoms with van der Waals surface area (Å²) in [6.45, 7) is 5.04. The van der Waals surface area contributed by atoms with Crippen LogP contribution in [-0.4, -0.2) is 74.0 Å². The van der Waals surface area contributed by atoms with E-state index in [4.69, 9.17) is 14.2 Å². The maximum Gasteiger partial charge on any atom is 0.234 e. The molecule has 1 N–H and O–H groups in total. The van der Waals surface area contributed by atoms with Gasteiger partial charge < -0.3 is 19.5 Å². The van der Waals surface area contributed by atoms with Gasteiger partial charge in [-0.3, -0.25) is 9.69 Å². The van der Waals surface area contributed by atoms with Gasteiger partial charge in [-0.25, -0.2) is 4.98 Å². The van der Waals surface area contributed by atoms with Gasteiger partial charge in [0.05, 0.1) is 50.2 Å². The highest BCUT2D eigenvalue weighted by atomic mass is 32.1. The van der Waals surface area contributed by atoms with E-state index in [-0.39, 0.29) is 18.1 Å². The van der Waals surface area contributed by atoms with Crippen LogP contribution in [0.15, 0.2) is 10.9 Å². The molecule has 2 saturated heterocycles. The molecule has 7 nitrogen and oxygen atoms in total. The van der Waals surface area contributed by atoms with E-state index >= 15 is 0 Å². The first-order valence-electron chi connectivity index (χ1n) is 7.97. The Balaban J connectivity index is 1.46. The van der Waals surface area contributed by atoms with E-state index in [1.165, 1.54) is 0 Å². The van der Waals surface area contributed by atoms with E-state index in [9.17, 15) is 4.79 Å². The topological polar surface area (TPSA) is 72.9 Å². The summed E-state index contributed by atoms with van der Waals surface area (Å²) in [5, 5.41) is 5.07. The van der Waals surface area contributed by atoms with Gasteiger partial charge in [0.2, 0.25) is 5.91 Å². The number of nitrogens with one attached hydrogen (secondary N) is 1. The fourth-order valence-corrected chi connectivity index (χ4v) is 3.30. The van der Waals surface area contributed by atoms with Gasteiger partial charge in [-0.05, 0) is 6.42 Å². The Hall–Kier alpha value is -1.06. The van der Waals surface area contributed by atoms with Gasteiger partial charge in [0.25, 0.3) is 0 Å². The monoisotopic (exact) mass is 341 g/mol. The highest BCUT2D eigenvalue weighted by Crippen LogP contribution is 2.14. The summed E-state index contributed by atoms with van der Waals surface area (Å²) in [7, 11) is 0. The molecule has 0 aromatic carbocycles. The second-order valence-corrected chi connectivity index (χ2v) is 6.47. The molecule has 0 unspecified atom stereocenters. The number of hydrogen-bond acceptors (Lipinski definition) is 7. The first kappa shape index (κ1) is 16.8. The summed E-state index contributed by atoms with van der Waals surface area (Å²) in [5.74, 6) is 0.0426. The minimum absolute atomic E-state index is 0.00377. The summed E-state index contributed by atoms with van der Waals surface area (Å²) in [6, 6.07) is -0.00377. The number of aromatic nitrogens is 1. The van der Waals surface area contributed by atoms with Crippen LogP contribution in [0.4, 0.5) is 0 Å². The molecule has 0 spiro atoms. The molecule has 3 heterocycles. The molecule has 1 aromatic heterocycles. The number of amides is 1. The predicted octanol–water partition coefficient (Wildman–Crippen LogP) is 0.266. The van der Waals surface area contributed by atoms with Crippen molar-refractivity contribution in [3.05, 3.63) is 16.6 Å². The number of ether oxygens (including phenoxy) is 3. The van der Waals surface area contributed by atoms with E-state index in [1.54, 1.807) is 16.8 Å². The molecule has 0 bridgehead atoms. The maximum absolute atomic E-state index is 12.3. The van der Waals surface area contributed by atoms with Crippen LogP contribution in [0.1, 0.15) is 12.1 Å². The number of nitrogens with zero attached hydrogens (tertiary/aromatic N) is 2. The van der Waals surface area contributed by atoms with Crippen molar-refractivity contribution < 1.29 is 19.0 Å². The van der Waals surface area contributed by atoms with E-state index < -0.39 is 0 Å². The van der Waals surface area contributed by atoms with E-state index in [2.05, 4.69) is 15.2 Å². The Morgan fingerprint density at radius 2 is 2.26 bits per heavy atom. The van der Waals surface area contributed by atoms with Crippen LogP contribution < -0.4 is 5.32 Å². The average Bonchev–Trinajstić information content (AvgIpc) is 3.08. The lowest BCUT2D eigenvalue weighted by molar-refractivity contribution is -0.128. The highest BCUT2D eigenvalue weighted by Gasteiger charge is 2.28. The van der Waals surface area contributed by atoms with Crippen molar-refractivity contribution in [1.29, 1.82) is 0 Å². The van der Waals surface area contributed by atoms with Crippen molar-refractivity contribution in [1.82, 2.24) is 15.2 Å². The first-order valence-corrected chi connectivity index (χ1v) is 8.91. The summed E-state index contributed by atoms with van der Waals surface area (Å²) in [6.07, 6.45) is 0.649. The molecular weight excluding hydrogens is 318 g/mol. The van der Waals surface area contributed by atoms with Crippen molar-refractivity contribution in [3.63, 3.8) is 0 Å². The second-order valence-electron chi connectivity index (χ2n) is 5.76. The van der Waals surface area contributed by atoms with Crippen molar-refractivity contribution in [2.24, 2.45) is 0 Å². The van der Waals surface area contributed by atoms with Crippen LogP contribution in [0, 0.1) is 0 Å². The molecule has 3 rings (SSSR count). The number of thiazole rings is 1. The van der Waals surface area contributed by atoms with Crippen LogP contribution in [-0.2, 0) is 25.6 Å². The smallest absolute Gasteiger partial charge is 0.234 e. The molecule has 0 aliphatic carbocycles. The standard InChI is InChI=1S/C15H23N3O4S/c19-15(7-18-2-5-20-6-3-18)17-13-1-4-21-9-14(13)22-8-12-10-23-11-16-12/h10-11,13-14H,1-9H2,(H,17,19)/t13-,14-/m1/s1. The van der Waals surface area contributed by atoms with Gasteiger partial charge >= 0.3 is 0 Å². The summed E-state index contributed by atoms with van der Waals surface area (Å²) >= 11 is 1.55. The number of carbonyl (C=O) groups is 1. The minimum Gasteiger partial charge on any atom is -0.379 e. The third kappa shape index (κ3) is 5.22. The SMILES string of the molecule is O=C(CN1CCOCC1)N[C@@H]1CCOC[C@H]1OCc1cscn1. The van der Waals surface area contributed by atoms with E-state index in [1.807, 2.05) is 5.38 Å². The molecule has 23 heavy (non-hydrogen) atoms. The van der Waals surface area contributed by atoms with Crippen LogP contribution in [0.2, 0.25) is 0 Å². The highest BCUT2D eigenvalue weighted by molar-refractivity contribution is 7.07. The number of morpholine rings is 1. The zero-order chi connectivity index (χ0) is 15.9. The molecule has 0 radical (unpaired) electrons. The number of carbonyl (C=O) groups excluding carboxylic acids is 1. The third-order valence-electron chi connectivity index (χ3n) is 4.05. The molecular formula is C15H23N3O4S. The molecule has 128 valence electrons. The minimum atomic E-state index is -0.126. The Morgan fingerprint density at radius 1 is 1.39 bits per heavy atom. The van der Waals surface area contributed by atoms with Crippen LogP contribution >= 0.6 is 11.3 Å². The van der Waals surface area contributed by atoms with Gasteiger partial charge in [0.15, 0.2) is 0 Å². The fraction of sp³-hybridized carbons (Fsp3) is 0.733. The lowest BCUT2D eigenvalue weighted by Gasteiger charge is -2.33. The molecule has 1 aromatic rings. The zero-order valence-electron chi connectivity index (χ0n) is 13.1. The predicted molar refractivity (Wildman–Crippen MR) is 85.3 cm³/mol. The number of rotatable bonds is 6. The summed E-state index contributed by atoms with van der Waals surface area (Å²) in [4.78, 5) is 18.6. The molecule has 1 amide bonds. The van der Waals surface area contributed by atoms with E-state index in [0.717, 1.165) is 25.2 Å². The Morgan fingerprint density at radius 3 is 3.04 bits per heavy atom. The van der Waals surface area contributed by atoms with Crippen LogP contribution in [0.5, 0.6) is 0 Å². The molecule has 0 saturated carbocycles. The van der Waals surface area contributed by atoms with Gasteiger partial charge in [0.1, 0.15) is 6.10 Å². The summed E-state index contributed by atoms with van der Waals surface area (Å²) in [5.41, 5.74) is 2.71. The second kappa shape index (κ2) is 8.70. The fourth-order valence-electron chi connectivity index (χ4n) is 2.76. The van der Waals surface area contributed by atoms with E-state index in [0.29, 0.717) is 39.6 Å². The molecule has 2 aliphatic heterocycles. The van der Waals surface area contributed by atoms with Crippen molar-refractivity contribution >= 4 is 17.2 Å². The van der Waals surface area contributed by atoms with Gasteiger partial charge in [-0.15, -0.1) is 11.3 Å².